The van der Waals surface area contributed by atoms with Gasteiger partial charge in [-0.15, -0.1) is 0 Å². The first kappa shape index (κ1) is 37.1. The number of aliphatic carboxylic acids is 1. The summed E-state index contributed by atoms with van der Waals surface area (Å²) < 4.78 is 74.9. The average Bonchev–Trinajstić information content (AvgIpc) is 3.15. The molecule has 0 aliphatic heterocycles. The van der Waals surface area contributed by atoms with Gasteiger partial charge in [0.1, 0.15) is 11.6 Å². The second-order valence-corrected chi connectivity index (χ2v) is 14.2. The van der Waals surface area contributed by atoms with Gasteiger partial charge in [-0.2, -0.15) is 13.2 Å². The minimum Gasteiger partial charge on any atom is -0.508 e. The maximum Gasteiger partial charge on any atom is 0.389 e. The smallest absolute Gasteiger partial charge is 0.389 e. The zero-order valence-electron chi connectivity index (χ0n) is 26.2. The highest BCUT2D eigenvalue weighted by molar-refractivity contribution is 7.91. The van der Waals surface area contributed by atoms with E-state index < -0.39 is 40.6 Å². The number of aromatic hydroxyl groups is 1. The van der Waals surface area contributed by atoms with Crippen molar-refractivity contribution < 1.29 is 41.0 Å². The van der Waals surface area contributed by atoms with Crippen molar-refractivity contribution in [2.45, 2.75) is 89.6 Å². The first-order chi connectivity index (χ1) is 21.8. The van der Waals surface area contributed by atoms with Gasteiger partial charge in [-0.05, 0) is 116 Å². The number of carboxylic acids is 1. The molecule has 0 spiro atoms. The van der Waals surface area contributed by atoms with E-state index in [1.807, 2.05) is 29.2 Å². The van der Waals surface area contributed by atoms with Gasteiger partial charge in [0.25, 0.3) is 0 Å². The number of aryl methyl sites for hydroxylation is 1. The summed E-state index contributed by atoms with van der Waals surface area (Å²) in [6, 6.07) is 12.1. The molecule has 0 aromatic heterocycles. The average molecular weight is 668 g/mol. The van der Waals surface area contributed by atoms with E-state index in [0.717, 1.165) is 68.1 Å². The van der Waals surface area contributed by atoms with E-state index >= 15 is 0 Å². The predicted molar refractivity (Wildman–Crippen MR) is 173 cm³/mol. The third-order valence-corrected chi connectivity index (χ3v) is 9.90. The van der Waals surface area contributed by atoms with Crippen LogP contribution >= 0.6 is 0 Å². The Labute approximate surface area is 269 Å². The molecule has 0 heterocycles. The largest absolute Gasteiger partial charge is 0.508 e. The van der Waals surface area contributed by atoms with Crippen LogP contribution in [0.2, 0.25) is 0 Å². The lowest BCUT2D eigenvalue weighted by molar-refractivity contribution is -0.137. The molecule has 3 rings (SSSR count). The van der Waals surface area contributed by atoms with Gasteiger partial charge in [0.2, 0.25) is 0 Å². The van der Waals surface area contributed by atoms with Crippen molar-refractivity contribution in [3.05, 3.63) is 77.2 Å². The zero-order valence-corrected chi connectivity index (χ0v) is 27.0. The molecule has 0 radical (unpaired) electrons. The minimum atomic E-state index is -4.37. The van der Waals surface area contributed by atoms with Crippen LogP contribution in [0, 0.1) is 5.82 Å². The van der Waals surface area contributed by atoms with Crippen molar-refractivity contribution in [2.75, 3.05) is 24.6 Å². The number of hydrogen-bond donors (Lipinski definition) is 2. The molecule has 0 atom stereocenters. The molecule has 11 heteroatoms. The number of hydrogen-bond acceptors (Lipinski definition) is 5. The van der Waals surface area contributed by atoms with Gasteiger partial charge in [-0.3, -0.25) is 4.79 Å². The molecule has 1 aliphatic carbocycles. The Morgan fingerprint density at radius 3 is 2.35 bits per heavy atom. The predicted octanol–water partition coefficient (Wildman–Crippen LogP) is 8.56. The molecule has 6 nitrogen and oxygen atoms in total. The Kier molecular flexibility index (Phi) is 14.6. The number of halogens is 4. The number of phenolic OH excluding ortho intramolecular Hbond substituents is 1. The minimum absolute atomic E-state index is 0.0165. The first-order valence-electron chi connectivity index (χ1n) is 16.0. The fourth-order valence-electron chi connectivity index (χ4n) is 5.84. The molecule has 1 aliphatic rings. The summed E-state index contributed by atoms with van der Waals surface area (Å²) in [5, 5.41) is 19.1. The van der Waals surface area contributed by atoms with Gasteiger partial charge in [-0.1, -0.05) is 37.1 Å². The van der Waals surface area contributed by atoms with Crippen LogP contribution in [0.1, 0.15) is 93.7 Å². The number of rotatable bonds is 19. The molecular weight excluding hydrogens is 622 g/mol. The van der Waals surface area contributed by atoms with Crippen LogP contribution in [0.3, 0.4) is 0 Å². The van der Waals surface area contributed by atoms with Crippen molar-refractivity contribution in [3.8, 4) is 5.75 Å². The summed E-state index contributed by atoms with van der Waals surface area (Å²) in [7, 11) is -3.59. The highest BCUT2D eigenvalue weighted by Crippen LogP contribution is 2.39. The Morgan fingerprint density at radius 1 is 0.913 bits per heavy atom. The summed E-state index contributed by atoms with van der Waals surface area (Å²) in [5.41, 5.74) is 5.69. The van der Waals surface area contributed by atoms with E-state index in [9.17, 15) is 35.9 Å². The molecule has 0 amide bonds. The van der Waals surface area contributed by atoms with Crippen LogP contribution in [0.25, 0.3) is 11.1 Å². The van der Waals surface area contributed by atoms with Gasteiger partial charge in [0.05, 0.1) is 11.5 Å². The molecule has 2 aromatic rings. The Bertz CT molecular complexity index is 1440. The number of phenols is 1. The molecule has 46 heavy (non-hydrogen) atoms. The number of allylic oxidation sites excluding steroid dienone is 3. The van der Waals surface area contributed by atoms with Crippen molar-refractivity contribution in [2.24, 2.45) is 0 Å². The van der Waals surface area contributed by atoms with Crippen molar-refractivity contribution in [1.29, 1.82) is 0 Å². The van der Waals surface area contributed by atoms with Crippen LogP contribution in [-0.2, 0) is 21.1 Å². The highest BCUT2D eigenvalue weighted by atomic mass is 32.2. The van der Waals surface area contributed by atoms with Crippen LogP contribution < -0.4 is 0 Å². The number of benzene rings is 2. The normalized spacial score (nSPS) is 14.0. The molecule has 0 saturated carbocycles. The van der Waals surface area contributed by atoms with Gasteiger partial charge >= 0.3 is 12.1 Å². The Hall–Kier alpha value is -3.34. The second-order valence-electron chi connectivity index (χ2n) is 11.9. The van der Waals surface area contributed by atoms with E-state index in [-0.39, 0.29) is 30.2 Å². The number of sulfone groups is 1. The fraction of sp³-hybridized carbons (Fsp3) is 0.514. The SMILES string of the molecule is O=C(O)CCCN(C=CCCS(=O)(=O)CCCC(F)(F)F)CCCCCCC1=C(c2ccc(F)cc2)CCCc2cc(O)ccc21. The third kappa shape index (κ3) is 13.6. The van der Waals surface area contributed by atoms with E-state index in [1.165, 1.54) is 23.3 Å². The topological polar surface area (TPSA) is 94.9 Å². The van der Waals surface area contributed by atoms with Crippen LogP contribution in [0.5, 0.6) is 5.75 Å². The zero-order chi connectivity index (χ0) is 33.6. The van der Waals surface area contributed by atoms with Crippen molar-refractivity contribution >= 4 is 27.0 Å². The second kappa shape index (κ2) is 18.1. The lowest BCUT2D eigenvalue weighted by atomic mass is 9.89. The van der Waals surface area contributed by atoms with Crippen LogP contribution in [0.4, 0.5) is 17.6 Å². The first-order valence-corrected chi connectivity index (χ1v) is 17.8. The fourth-order valence-corrected chi connectivity index (χ4v) is 7.12. The maximum atomic E-state index is 13.7. The molecule has 0 fully saturated rings. The van der Waals surface area contributed by atoms with Crippen LogP contribution in [0.15, 0.2) is 54.7 Å². The van der Waals surface area contributed by atoms with E-state index in [2.05, 4.69) is 0 Å². The van der Waals surface area contributed by atoms with E-state index in [0.29, 0.717) is 19.5 Å². The molecule has 2 aromatic carbocycles. The number of nitrogens with zero attached hydrogens (tertiary/aromatic N) is 1. The van der Waals surface area contributed by atoms with Crippen molar-refractivity contribution in [3.63, 3.8) is 0 Å². The quantitative estimate of drug-likeness (QED) is 0.115. The summed E-state index contributed by atoms with van der Waals surface area (Å²) in [6.07, 6.45) is 5.29. The standard InChI is InChI=1S/C35H45F4NO5S/c36-29-16-14-27(15-17-29)31-12-7-10-28-26-30(41)18-19-32(28)33(31)11-3-1-2-4-21-40(23-8-13-34(42)43)22-5-6-24-46(44,45)25-9-20-35(37,38)39/h5,14-19,22,26,41H,1-4,6-13,20-21,23-25H2,(H,42,43). The molecule has 254 valence electrons. The summed E-state index contributed by atoms with van der Waals surface area (Å²) >= 11 is 0. The highest BCUT2D eigenvalue weighted by Gasteiger charge is 2.27. The van der Waals surface area contributed by atoms with Gasteiger partial charge in [0, 0.05) is 25.9 Å². The molecular formula is C35H45F4NO5S. The van der Waals surface area contributed by atoms with Gasteiger partial charge in [-0.25, -0.2) is 12.8 Å². The number of carbonyl (C=O) groups is 1. The van der Waals surface area contributed by atoms with Crippen LogP contribution in [-0.4, -0.2) is 60.3 Å². The Balaban J connectivity index is 1.55. The summed E-state index contributed by atoms with van der Waals surface area (Å²) in [5.74, 6) is -1.66. The molecule has 0 unspecified atom stereocenters. The lowest BCUT2D eigenvalue weighted by Gasteiger charge is -2.20. The van der Waals surface area contributed by atoms with E-state index in [1.54, 1.807) is 18.3 Å². The number of carboxylic acid groups (broad SMARTS) is 1. The number of alkyl halides is 3. The van der Waals surface area contributed by atoms with Gasteiger partial charge < -0.3 is 15.1 Å². The summed E-state index contributed by atoms with van der Waals surface area (Å²) in [6.45, 7) is 1.17. The molecule has 2 N–H and O–H groups in total. The number of unbranched alkanes of at least 4 members (excludes halogenated alkanes) is 3. The lowest BCUT2D eigenvalue weighted by Crippen LogP contribution is -2.21. The van der Waals surface area contributed by atoms with E-state index in [4.69, 9.17) is 5.11 Å². The Morgan fingerprint density at radius 2 is 1.63 bits per heavy atom. The monoisotopic (exact) mass is 667 g/mol. The third-order valence-electron chi connectivity index (χ3n) is 8.13. The summed E-state index contributed by atoms with van der Waals surface area (Å²) in [4.78, 5) is 13.0. The molecule has 0 bridgehead atoms. The van der Waals surface area contributed by atoms with Gasteiger partial charge in [0.15, 0.2) is 9.84 Å². The maximum absolute atomic E-state index is 13.7. The molecule has 0 saturated heterocycles. The van der Waals surface area contributed by atoms with Crippen molar-refractivity contribution in [1.82, 2.24) is 4.90 Å². The number of fused-ring (bicyclic) bond motifs is 1.